The summed E-state index contributed by atoms with van der Waals surface area (Å²) in [5.41, 5.74) is 9.24. The molecule has 6 aliphatic rings. The summed E-state index contributed by atoms with van der Waals surface area (Å²) in [4.78, 5) is 0. The van der Waals surface area contributed by atoms with Crippen LogP contribution in [0, 0.1) is 35.5 Å². The summed E-state index contributed by atoms with van der Waals surface area (Å²) >= 11 is 0. The Morgan fingerprint density at radius 3 is 2.02 bits per heavy atom. The van der Waals surface area contributed by atoms with Crippen LogP contribution in [0.1, 0.15) is 91.2 Å². The second-order valence-corrected chi connectivity index (χ2v) is 15.8. The fourth-order valence-electron chi connectivity index (χ4n) is 10.6. The quantitative estimate of drug-likeness (QED) is 0.292. The average Bonchev–Trinajstić information content (AvgIpc) is 3.56. The lowest BCUT2D eigenvalue weighted by atomic mass is 9.61. The highest BCUT2D eigenvalue weighted by Crippen LogP contribution is 2.67. The molecule has 218 valence electrons. The predicted octanol–water partition coefficient (Wildman–Crippen LogP) is 9.04. The van der Waals surface area contributed by atoms with Crippen LogP contribution in [0.5, 0.6) is 0 Å². The van der Waals surface area contributed by atoms with Crippen LogP contribution in [-0.2, 0) is 14.7 Å². The van der Waals surface area contributed by atoms with Crippen LogP contribution in [0.3, 0.4) is 0 Å². The average molecular weight is 559 g/mol. The van der Waals surface area contributed by atoms with Crippen molar-refractivity contribution in [3.05, 3.63) is 77.9 Å². The lowest BCUT2D eigenvalue weighted by Crippen LogP contribution is -2.41. The van der Waals surface area contributed by atoms with Crippen LogP contribution in [0.4, 0.5) is 0 Å². The molecular weight excluding hydrogens is 511 g/mol. The first-order valence-electron chi connectivity index (χ1n) is 16.8. The van der Waals surface area contributed by atoms with Crippen molar-refractivity contribution < 1.29 is 9.31 Å². The number of rotatable bonds is 2. The van der Waals surface area contributed by atoms with Crippen molar-refractivity contribution in [2.45, 2.75) is 96.7 Å². The Kier molecular flexibility index (Phi) is 6.04. The Labute approximate surface area is 253 Å². The van der Waals surface area contributed by atoms with Gasteiger partial charge >= 0.3 is 7.12 Å². The van der Waals surface area contributed by atoms with Gasteiger partial charge in [0.1, 0.15) is 0 Å². The molecule has 3 heteroatoms. The molecule has 9 rings (SSSR count). The van der Waals surface area contributed by atoms with E-state index in [1.54, 1.807) is 11.1 Å². The van der Waals surface area contributed by atoms with E-state index >= 15 is 0 Å². The van der Waals surface area contributed by atoms with Crippen LogP contribution in [0.25, 0.3) is 22.3 Å². The molecule has 3 aromatic carbocycles. The molecule has 0 radical (unpaired) electrons. The van der Waals surface area contributed by atoms with Crippen molar-refractivity contribution in [1.29, 1.82) is 0 Å². The van der Waals surface area contributed by atoms with E-state index in [0.717, 1.165) is 23.7 Å². The lowest BCUT2D eigenvalue weighted by molar-refractivity contribution is 0.00578. The number of fused-ring (bicyclic) bond motifs is 5. The lowest BCUT2D eigenvalue weighted by Gasteiger charge is -2.41. The molecule has 0 N–H and O–H groups in total. The minimum Gasteiger partial charge on any atom is -0.399 e. The predicted molar refractivity (Wildman–Crippen MR) is 174 cm³/mol. The molecule has 1 saturated heterocycles. The molecule has 42 heavy (non-hydrogen) atoms. The second kappa shape index (κ2) is 9.32. The Morgan fingerprint density at radius 1 is 0.667 bits per heavy atom. The van der Waals surface area contributed by atoms with Gasteiger partial charge in [-0.25, -0.2) is 0 Å². The molecule has 3 aromatic rings. The first-order chi connectivity index (χ1) is 20.1. The van der Waals surface area contributed by atoms with E-state index in [2.05, 4.69) is 108 Å². The van der Waals surface area contributed by atoms with Crippen molar-refractivity contribution in [2.24, 2.45) is 35.5 Å². The van der Waals surface area contributed by atoms with Crippen LogP contribution in [0.15, 0.2) is 66.7 Å². The molecule has 4 bridgehead atoms. The highest BCUT2D eigenvalue weighted by molar-refractivity contribution is 6.64. The Bertz CT molecular complexity index is 1500. The van der Waals surface area contributed by atoms with Gasteiger partial charge in [0.25, 0.3) is 0 Å². The van der Waals surface area contributed by atoms with Gasteiger partial charge in [-0.15, -0.1) is 0 Å². The van der Waals surface area contributed by atoms with E-state index in [1.165, 1.54) is 66.2 Å². The monoisotopic (exact) mass is 558 g/mol. The Morgan fingerprint density at radius 2 is 1.33 bits per heavy atom. The zero-order valence-corrected chi connectivity index (χ0v) is 26.5. The highest BCUT2D eigenvalue weighted by Gasteiger charge is 2.60. The van der Waals surface area contributed by atoms with Gasteiger partial charge in [-0.2, -0.15) is 0 Å². The van der Waals surface area contributed by atoms with E-state index in [4.69, 9.17) is 9.31 Å². The molecule has 5 fully saturated rings. The first-order valence-corrected chi connectivity index (χ1v) is 16.8. The zero-order valence-electron chi connectivity index (χ0n) is 26.5. The van der Waals surface area contributed by atoms with Crippen LogP contribution in [-0.4, -0.2) is 18.3 Å². The third-order valence-electron chi connectivity index (χ3n) is 13.1. The third kappa shape index (κ3) is 3.72. The maximum absolute atomic E-state index is 6.74. The third-order valence-corrected chi connectivity index (χ3v) is 13.1. The van der Waals surface area contributed by atoms with E-state index < -0.39 is 0 Å². The van der Waals surface area contributed by atoms with Gasteiger partial charge in [0.05, 0.1) is 11.2 Å². The first kappa shape index (κ1) is 27.2. The summed E-state index contributed by atoms with van der Waals surface area (Å²) in [5, 5.41) is 0. The second-order valence-electron chi connectivity index (χ2n) is 15.8. The summed E-state index contributed by atoms with van der Waals surface area (Å²) in [7, 11) is -0.355. The molecule has 2 nitrogen and oxygen atoms in total. The molecule has 5 unspecified atom stereocenters. The van der Waals surface area contributed by atoms with Crippen molar-refractivity contribution in [1.82, 2.24) is 0 Å². The largest absolute Gasteiger partial charge is 0.495 e. The summed E-state index contributed by atoms with van der Waals surface area (Å²) in [6.07, 6.45) is 8.28. The van der Waals surface area contributed by atoms with Gasteiger partial charge in [0, 0.05) is 5.41 Å². The van der Waals surface area contributed by atoms with Gasteiger partial charge in [-0.1, -0.05) is 74.5 Å². The van der Waals surface area contributed by atoms with Gasteiger partial charge in [0.2, 0.25) is 0 Å². The van der Waals surface area contributed by atoms with Gasteiger partial charge < -0.3 is 9.31 Å². The van der Waals surface area contributed by atoms with Crippen LogP contribution in [0.2, 0.25) is 0 Å². The van der Waals surface area contributed by atoms with Crippen molar-refractivity contribution >= 4 is 12.6 Å². The minimum atomic E-state index is -0.362. The Hall–Kier alpha value is -2.36. The van der Waals surface area contributed by atoms with Crippen molar-refractivity contribution in [3.63, 3.8) is 0 Å². The minimum absolute atomic E-state index is 0.0692. The number of hydrogen-bond donors (Lipinski definition) is 0. The SMILES string of the molecule is CC1CC2CC(C)C1CC1CCC(C2)C12c1cc(-c3ccccc3)ccc1-c1c(B3OC(C)(C)C(C)(C)O3)cccc12. The summed E-state index contributed by atoms with van der Waals surface area (Å²) in [6.45, 7) is 13.8. The van der Waals surface area contributed by atoms with Crippen LogP contribution < -0.4 is 5.46 Å². The fraction of sp³-hybridized carbons (Fsp3) is 0.538. The van der Waals surface area contributed by atoms with Crippen LogP contribution >= 0.6 is 0 Å². The fourth-order valence-corrected chi connectivity index (χ4v) is 10.6. The molecule has 1 heterocycles. The van der Waals surface area contributed by atoms with E-state index in [9.17, 15) is 0 Å². The molecule has 0 aromatic heterocycles. The van der Waals surface area contributed by atoms with Gasteiger partial charge in [-0.05, 0) is 147 Å². The molecule has 5 aliphatic carbocycles. The smallest absolute Gasteiger partial charge is 0.399 e. The van der Waals surface area contributed by atoms with E-state index in [0.29, 0.717) is 11.8 Å². The molecule has 1 aliphatic heterocycles. The summed E-state index contributed by atoms with van der Waals surface area (Å²) < 4.78 is 13.5. The highest BCUT2D eigenvalue weighted by atomic mass is 16.7. The summed E-state index contributed by atoms with van der Waals surface area (Å²) in [6, 6.07) is 25.6. The van der Waals surface area contributed by atoms with Crippen molar-refractivity contribution in [2.75, 3.05) is 0 Å². The van der Waals surface area contributed by atoms with Crippen molar-refractivity contribution in [3.8, 4) is 22.3 Å². The number of benzene rings is 3. The standard InChI is InChI=1S/C39H47BO2/c1-24-19-26-20-25(2)32(24)23-30-17-16-29(21-26)39(30)33-13-10-14-35(40-41-37(3,4)38(5,6)42-40)36(33)31-18-15-28(22-34(31)39)27-11-8-7-9-12-27/h7-15,18,22,24-26,29-30,32H,16-17,19-21,23H2,1-6H3. The number of hydrogen-bond acceptors (Lipinski definition) is 2. The van der Waals surface area contributed by atoms with Gasteiger partial charge in [-0.3, -0.25) is 0 Å². The topological polar surface area (TPSA) is 18.5 Å². The molecule has 1 spiro atoms. The maximum Gasteiger partial charge on any atom is 0.495 e. The summed E-state index contributed by atoms with van der Waals surface area (Å²) in [5.74, 6) is 4.71. The molecule has 0 amide bonds. The zero-order chi connectivity index (χ0) is 29.0. The normalized spacial score (nSPS) is 35.5. The van der Waals surface area contributed by atoms with E-state index in [-0.39, 0.29) is 23.7 Å². The molecule has 4 saturated carbocycles. The molecule has 5 atom stereocenters. The molecular formula is C39H47BO2. The van der Waals surface area contributed by atoms with E-state index in [1.807, 2.05) is 0 Å². The van der Waals surface area contributed by atoms with Gasteiger partial charge in [0.15, 0.2) is 0 Å². The maximum atomic E-state index is 6.74. The Balaban J connectivity index is 1.37.